The molecule has 33 heteroatoms. The maximum absolute atomic E-state index is 13.8. The maximum Gasteiger partial charge on any atom is 0.565 e. The highest BCUT2D eigenvalue weighted by molar-refractivity contribution is 7.46. The van der Waals surface area contributed by atoms with Crippen LogP contribution in [0.4, 0.5) is 119 Å². The first-order valence-electron chi connectivity index (χ1n) is 11.7. The molecular formula is C18H13F27NO3P2+. The molecule has 306 valence electrons. The van der Waals surface area contributed by atoms with Gasteiger partial charge in [0.05, 0.1) is 6.61 Å². The molecule has 0 saturated carbocycles. The third-order valence-electron chi connectivity index (χ3n) is 6.50. The third-order valence-corrected chi connectivity index (χ3v) is 8.57. The second-order valence-electron chi connectivity index (χ2n) is 9.42. The molecule has 0 saturated heterocycles. The van der Waals surface area contributed by atoms with E-state index in [0.29, 0.717) is 0 Å². The zero-order valence-corrected chi connectivity index (χ0v) is 25.0. The Morgan fingerprint density at radius 2 is 0.725 bits per heavy atom. The van der Waals surface area contributed by atoms with Crippen LogP contribution < -0.4 is 0 Å². The minimum absolute atomic E-state index is 2.36. The van der Waals surface area contributed by atoms with Gasteiger partial charge in [-0.1, -0.05) is 0 Å². The Bertz CT molecular complexity index is 1070. The van der Waals surface area contributed by atoms with Crippen LogP contribution in [-0.2, 0) is 13.6 Å². The SMILES string of the molecule is FCC(F)(F)C(CCO/[P+](=N\POCCC(C(F)(F)F)(C(F)(F)F)C(F)(F)F)OCC(C(F)(F)F)(C(F)(F)F)C(F)(F)F)(C(F)(F)F)C(F)(F)F. The maximum atomic E-state index is 13.8. The van der Waals surface area contributed by atoms with Crippen LogP contribution in [0.5, 0.6) is 0 Å². The van der Waals surface area contributed by atoms with E-state index >= 15 is 0 Å². The zero-order chi connectivity index (χ0) is 41.4. The molecule has 0 aliphatic rings. The van der Waals surface area contributed by atoms with Crippen molar-refractivity contribution in [3.63, 3.8) is 0 Å². The molecule has 0 heterocycles. The molecule has 51 heavy (non-hydrogen) atoms. The summed E-state index contributed by atoms with van der Waals surface area (Å²) in [6, 6.07) is 0. The van der Waals surface area contributed by atoms with E-state index in [4.69, 9.17) is 0 Å². The summed E-state index contributed by atoms with van der Waals surface area (Å²) in [6.45, 7) is -12.9. The lowest BCUT2D eigenvalue weighted by Crippen LogP contribution is -2.62. The Morgan fingerprint density at radius 1 is 0.412 bits per heavy atom. The van der Waals surface area contributed by atoms with Crippen LogP contribution in [-0.4, -0.2) is 81.8 Å². The molecule has 0 fully saturated rings. The molecular weight excluding hydrogens is 853 g/mol. The summed E-state index contributed by atoms with van der Waals surface area (Å²) in [5, 5.41) is 0. The molecule has 0 aromatic carbocycles. The molecule has 0 radical (unpaired) electrons. The number of hydrogen-bond donors (Lipinski definition) is 0. The molecule has 0 aromatic heterocycles. The first-order chi connectivity index (χ1) is 22.1. The van der Waals surface area contributed by atoms with Gasteiger partial charge in [-0.05, 0) is 0 Å². The van der Waals surface area contributed by atoms with Crippen LogP contribution in [0.2, 0.25) is 0 Å². The lowest BCUT2D eigenvalue weighted by atomic mass is 9.77. The van der Waals surface area contributed by atoms with E-state index in [-0.39, 0.29) is 0 Å². The fraction of sp³-hybridized carbons (Fsp3) is 1.00. The zero-order valence-electron chi connectivity index (χ0n) is 23.1. The van der Waals surface area contributed by atoms with Crippen molar-refractivity contribution in [2.45, 2.75) is 68.2 Å². The standard InChI is InChI=1S/C18H13F27NO3P2/c19-5-10(20,21)7(11(22,23)24,12(25,26)27)2-4-48-51(49-6-9(16(37,38)39,17(40,41)42)18(43,44)45)46-50-47-3-1-8(13(28,29)30,14(31,32)33)15(34,35)36/h50H,1-6H2/q+1. The fourth-order valence-electron chi connectivity index (χ4n) is 3.63. The first kappa shape index (κ1) is 49.5. The van der Waals surface area contributed by atoms with Gasteiger partial charge in [-0.2, -0.15) is 105 Å². The highest BCUT2D eigenvalue weighted by atomic mass is 31.2. The van der Waals surface area contributed by atoms with Gasteiger partial charge in [0, 0.05) is 17.4 Å². The Labute approximate surface area is 265 Å². The summed E-state index contributed by atoms with van der Waals surface area (Å²) in [5.74, 6) is -6.53. The molecule has 0 amide bonds. The van der Waals surface area contributed by atoms with E-state index in [9.17, 15) is 119 Å². The number of rotatable bonds is 14. The molecule has 0 bridgehead atoms. The van der Waals surface area contributed by atoms with Crippen molar-refractivity contribution in [2.24, 2.45) is 20.8 Å². The van der Waals surface area contributed by atoms with Crippen LogP contribution in [0.25, 0.3) is 0 Å². The summed E-state index contributed by atoms with van der Waals surface area (Å²) in [6.07, 6.45) is -65.4. The molecule has 2 atom stereocenters. The summed E-state index contributed by atoms with van der Waals surface area (Å²) < 4.78 is 368. The number of halogens is 27. The van der Waals surface area contributed by atoms with Crippen molar-refractivity contribution < 1.29 is 132 Å². The van der Waals surface area contributed by atoms with Crippen molar-refractivity contribution in [2.75, 3.05) is 26.5 Å². The molecule has 0 rings (SSSR count). The van der Waals surface area contributed by atoms with E-state index in [2.05, 4.69) is 18.1 Å². The molecule has 0 N–H and O–H groups in total. The van der Waals surface area contributed by atoms with Crippen molar-refractivity contribution in [1.29, 1.82) is 0 Å². The number of alkyl halides is 27. The molecule has 4 nitrogen and oxygen atoms in total. The van der Waals surface area contributed by atoms with Gasteiger partial charge in [0.15, 0.2) is 15.6 Å². The Morgan fingerprint density at radius 3 is 1.02 bits per heavy atom. The predicted octanol–water partition coefficient (Wildman–Crippen LogP) is 11.9. The van der Waals surface area contributed by atoms with Crippen LogP contribution in [0.1, 0.15) is 12.8 Å². The van der Waals surface area contributed by atoms with Crippen LogP contribution in [0, 0.1) is 16.2 Å². The van der Waals surface area contributed by atoms with Crippen molar-refractivity contribution >= 4 is 17.1 Å². The molecule has 0 aliphatic carbocycles. The second kappa shape index (κ2) is 15.3. The van der Waals surface area contributed by atoms with Gasteiger partial charge in [-0.25, -0.2) is 13.2 Å². The van der Waals surface area contributed by atoms with Gasteiger partial charge in [-0.3, -0.25) is 0 Å². The van der Waals surface area contributed by atoms with E-state index in [1.54, 1.807) is 0 Å². The van der Waals surface area contributed by atoms with Crippen molar-refractivity contribution in [3.8, 4) is 0 Å². The Balaban J connectivity index is 6.90. The lowest BCUT2D eigenvalue weighted by molar-refractivity contribution is -0.432. The van der Waals surface area contributed by atoms with Gasteiger partial charge in [-0.15, -0.1) is 9.05 Å². The minimum atomic E-state index is -7.52. The summed E-state index contributed by atoms with van der Waals surface area (Å²) in [7, 11) is -7.40. The smallest absolute Gasteiger partial charge is 0.337 e. The summed E-state index contributed by atoms with van der Waals surface area (Å²) >= 11 is 0. The van der Waals surface area contributed by atoms with Gasteiger partial charge in [0.25, 0.3) is 16.8 Å². The average Bonchev–Trinajstić information content (AvgIpc) is 2.81. The number of hydrogen-bond acceptors (Lipinski definition) is 4. The van der Waals surface area contributed by atoms with Gasteiger partial charge < -0.3 is 4.52 Å². The number of nitrogens with zero attached hydrogens (tertiary/aromatic N) is 1. The normalized spacial score (nSPS) is 16.5. The van der Waals surface area contributed by atoms with Crippen molar-refractivity contribution in [1.82, 2.24) is 0 Å². The largest absolute Gasteiger partial charge is 0.565 e. The van der Waals surface area contributed by atoms with E-state index < -0.39 is 128 Å². The predicted molar refractivity (Wildman–Crippen MR) is 111 cm³/mol. The quantitative estimate of drug-likeness (QED) is 0.0992. The van der Waals surface area contributed by atoms with Crippen LogP contribution in [0.15, 0.2) is 4.52 Å². The molecule has 0 spiro atoms. The highest BCUT2D eigenvalue weighted by Gasteiger charge is 2.85. The van der Waals surface area contributed by atoms with Crippen LogP contribution in [0.3, 0.4) is 0 Å². The molecule has 0 aromatic rings. The Kier molecular flexibility index (Phi) is 14.9. The van der Waals surface area contributed by atoms with Gasteiger partial charge in [0.1, 0.15) is 13.2 Å². The monoisotopic (exact) mass is 866 g/mol. The molecule has 2 unspecified atom stereocenters. The van der Waals surface area contributed by atoms with Gasteiger partial charge >= 0.3 is 57.6 Å². The second-order valence-corrected chi connectivity index (χ2v) is 11.7. The van der Waals surface area contributed by atoms with E-state index in [1.807, 2.05) is 0 Å². The lowest BCUT2D eigenvalue weighted by Gasteiger charge is -2.41. The topological polar surface area (TPSA) is 40.0 Å². The van der Waals surface area contributed by atoms with Crippen LogP contribution >= 0.6 is 17.1 Å². The summed E-state index contributed by atoms with van der Waals surface area (Å²) in [4.78, 5) is 0. The molecule has 0 aliphatic heterocycles. The van der Waals surface area contributed by atoms with Crippen molar-refractivity contribution in [3.05, 3.63) is 0 Å². The minimum Gasteiger partial charge on any atom is -0.337 e. The highest BCUT2D eigenvalue weighted by Crippen LogP contribution is 2.64. The summed E-state index contributed by atoms with van der Waals surface area (Å²) in [5.41, 5.74) is -20.2. The first-order valence-corrected chi connectivity index (χ1v) is 13.7. The Hall–Kier alpha value is -1.48. The third kappa shape index (κ3) is 9.61. The van der Waals surface area contributed by atoms with E-state index in [0.717, 1.165) is 0 Å². The fourth-order valence-corrected chi connectivity index (χ4v) is 5.41. The van der Waals surface area contributed by atoms with Gasteiger partial charge in [0.2, 0.25) is 5.41 Å². The average molecular weight is 866 g/mol. The van der Waals surface area contributed by atoms with E-state index in [1.165, 1.54) is 0 Å².